The van der Waals surface area contributed by atoms with Gasteiger partial charge < -0.3 is 15.2 Å². The fourth-order valence-corrected chi connectivity index (χ4v) is 3.24. The van der Waals surface area contributed by atoms with E-state index < -0.39 is 0 Å². The molecule has 1 aliphatic rings. The molecule has 2 rings (SSSR count). The van der Waals surface area contributed by atoms with E-state index in [1.807, 2.05) is 12.1 Å². The second-order valence-electron chi connectivity index (χ2n) is 5.95. The molecule has 118 valence electrons. The summed E-state index contributed by atoms with van der Waals surface area (Å²) in [5.74, 6) is 0.911. The van der Waals surface area contributed by atoms with Crippen molar-refractivity contribution < 1.29 is 9.47 Å². The summed E-state index contributed by atoms with van der Waals surface area (Å²) < 4.78 is 11.4. The smallest absolute Gasteiger partial charge is 0.123 e. The first-order chi connectivity index (χ1) is 10.1. The molecule has 4 heteroatoms. The van der Waals surface area contributed by atoms with Crippen molar-refractivity contribution in [2.75, 3.05) is 20.3 Å². The van der Waals surface area contributed by atoms with Gasteiger partial charge in [-0.05, 0) is 26.3 Å². The van der Waals surface area contributed by atoms with E-state index in [2.05, 4.69) is 37.8 Å². The zero-order valence-electron chi connectivity index (χ0n) is 13.6. The standard InChI is InChI=1S/C17H28N2O2/c1-5-14-11-21-12(2)10-19(14)17(13(3)18)15-8-6-7-9-16(15)20-4/h6-9,12-14,17H,5,10-11,18H2,1-4H3. The summed E-state index contributed by atoms with van der Waals surface area (Å²) in [6.45, 7) is 8.08. The van der Waals surface area contributed by atoms with E-state index in [9.17, 15) is 0 Å². The van der Waals surface area contributed by atoms with Crippen molar-refractivity contribution >= 4 is 0 Å². The Morgan fingerprint density at radius 3 is 2.76 bits per heavy atom. The van der Waals surface area contributed by atoms with Crippen molar-refractivity contribution in [2.24, 2.45) is 5.73 Å². The minimum absolute atomic E-state index is 0.0284. The zero-order chi connectivity index (χ0) is 15.4. The lowest BCUT2D eigenvalue weighted by Crippen LogP contribution is -2.53. The average molecular weight is 292 g/mol. The molecule has 0 aromatic heterocycles. The first-order valence-electron chi connectivity index (χ1n) is 7.84. The van der Waals surface area contributed by atoms with Crippen molar-refractivity contribution in [3.63, 3.8) is 0 Å². The molecule has 1 aliphatic heterocycles. The molecular weight excluding hydrogens is 264 g/mol. The summed E-state index contributed by atoms with van der Waals surface area (Å²) >= 11 is 0. The molecule has 0 radical (unpaired) electrons. The van der Waals surface area contributed by atoms with Crippen molar-refractivity contribution in [3.8, 4) is 5.75 Å². The summed E-state index contributed by atoms with van der Waals surface area (Å²) in [7, 11) is 1.72. The number of ether oxygens (including phenoxy) is 2. The molecule has 1 aromatic rings. The summed E-state index contributed by atoms with van der Waals surface area (Å²) in [5, 5.41) is 0. The van der Waals surface area contributed by atoms with E-state index in [4.69, 9.17) is 15.2 Å². The molecule has 4 atom stereocenters. The van der Waals surface area contributed by atoms with Crippen LogP contribution in [0.25, 0.3) is 0 Å². The molecule has 1 saturated heterocycles. The van der Waals surface area contributed by atoms with Crippen LogP contribution in [0.3, 0.4) is 0 Å². The number of hydrogen-bond donors (Lipinski definition) is 1. The number of benzene rings is 1. The van der Waals surface area contributed by atoms with Crippen LogP contribution in [0.15, 0.2) is 24.3 Å². The van der Waals surface area contributed by atoms with Crippen LogP contribution >= 0.6 is 0 Å². The molecule has 4 nitrogen and oxygen atoms in total. The Labute approximate surface area is 128 Å². The molecule has 4 unspecified atom stereocenters. The Bertz CT molecular complexity index is 450. The van der Waals surface area contributed by atoms with Gasteiger partial charge in [0.25, 0.3) is 0 Å². The fraction of sp³-hybridized carbons (Fsp3) is 0.647. The number of para-hydroxylation sites is 1. The third kappa shape index (κ3) is 3.57. The van der Waals surface area contributed by atoms with E-state index in [1.54, 1.807) is 7.11 Å². The lowest BCUT2D eigenvalue weighted by molar-refractivity contribution is -0.0764. The largest absolute Gasteiger partial charge is 0.496 e. The van der Waals surface area contributed by atoms with Crippen molar-refractivity contribution in [1.29, 1.82) is 0 Å². The topological polar surface area (TPSA) is 47.7 Å². The maximum Gasteiger partial charge on any atom is 0.123 e. The van der Waals surface area contributed by atoms with Crippen LogP contribution in [0.2, 0.25) is 0 Å². The predicted octanol–water partition coefficient (Wildman–Crippen LogP) is 2.58. The normalized spacial score (nSPS) is 26.3. The summed E-state index contributed by atoms with van der Waals surface area (Å²) in [4.78, 5) is 2.50. The molecule has 1 heterocycles. The third-order valence-corrected chi connectivity index (χ3v) is 4.29. The van der Waals surface area contributed by atoms with Crippen LogP contribution < -0.4 is 10.5 Å². The molecule has 1 fully saturated rings. The number of methoxy groups -OCH3 is 1. The van der Waals surface area contributed by atoms with Crippen LogP contribution in [0.1, 0.15) is 38.8 Å². The Balaban J connectivity index is 2.37. The number of rotatable bonds is 5. The van der Waals surface area contributed by atoms with Crippen LogP contribution in [-0.2, 0) is 4.74 Å². The molecule has 0 spiro atoms. The van der Waals surface area contributed by atoms with E-state index in [0.29, 0.717) is 6.04 Å². The fourth-order valence-electron chi connectivity index (χ4n) is 3.24. The first kappa shape index (κ1) is 16.3. The van der Waals surface area contributed by atoms with Crippen LogP contribution in [-0.4, -0.2) is 43.3 Å². The quantitative estimate of drug-likeness (QED) is 0.906. The van der Waals surface area contributed by atoms with Gasteiger partial charge in [0.2, 0.25) is 0 Å². The number of nitrogens with two attached hydrogens (primary N) is 1. The third-order valence-electron chi connectivity index (χ3n) is 4.29. The molecule has 0 aliphatic carbocycles. The molecule has 2 N–H and O–H groups in total. The number of hydrogen-bond acceptors (Lipinski definition) is 4. The average Bonchev–Trinajstić information content (AvgIpc) is 2.48. The van der Waals surface area contributed by atoms with E-state index in [-0.39, 0.29) is 18.2 Å². The van der Waals surface area contributed by atoms with Gasteiger partial charge in [-0.3, -0.25) is 4.90 Å². The maximum atomic E-state index is 6.35. The van der Waals surface area contributed by atoms with Gasteiger partial charge in [-0.15, -0.1) is 0 Å². The Hall–Kier alpha value is -1.10. The minimum atomic E-state index is 0.0284. The summed E-state index contributed by atoms with van der Waals surface area (Å²) in [5.41, 5.74) is 7.52. The zero-order valence-corrected chi connectivity index (χ0v) is 13.6. The van der Waals surface area contributed by atoms with Gasteiger partial charge >= 0.3 is 0 Å². The lowest BCUT2D eigenvalue weighted by Gasteiger charge is -2.45. The number of nitrogens with zero attached hydrogens (tertiary/aromatic N) is 1. The first-order valence-corrected chi connectivity index (χ1v) is 7.84. The SMILES string of the molecule is CCC1COC(C)CN1C(c1ccccc1OC)C(C)N. The van der Waals surface area contributed by atoms with Crippen molar-refractivity contribution in [2.45, 2.75) is 51.4 Å². The molecule has 0 bridgehead atoms. The van der Waals surface area contributed by atoms with Gasteiger partial charge in [0.05, 0.1) is 25.9 Å². The monoisotopic (exact) mass is 292 g/mol. The van der Waals surface area contributed by atoms with E-state index >= 15 is 0 Å². The molecule has 0 saturated carbocycles. The maximum absolute atomic E-state index is 6.35. The predicted molar refractivity (Wildman–Crippen MR) is 85.6 cm³/mol. The van der Waals surface area contributed by atoms with Gasteiger partial charge in [0.1, 0.15) is 5.75 Å². The summed E-state index contributed by atoms with van der Waals surface area (Å²) in [6.07, 6.45) is 1.30. The Kier molecular flexibility index (Phi) is 5.62. The van der Waals surface area contributed by atoms with Gasteiger partial charge in [0, 0.05) is 24.2 Å². The summed E-state index contributed by atoms with van der Waals surface area (Å²) in [6, 6.07) is 8.77. The van der Waals surface area contributed by atoms with Crippen LogP contribution in [0.5, 0.6) is 5.75 Å². The Morgan fingerprint density at radius 1 is 1.43 bits per heavy atom. The van der Waals surface area contributed by atoms with Crippen LogP contribution in [0, 0.1) is 0 Å². The van der Waals surface area contributed by atoms with Gasteiger partial charge in [-0.1, -0.05) is 25.1 Å². The Morgan fingerprint density at radius 2 is 2.14 bits per heavy atom. The molecule has 0 amide bonds. The van der Waals surface area contributed by atoms with E-state index in [1.165, 1.54) is 5.56 Å². The molecule has 21 heavy (non-hydrogen) atoms. The highest BCUT2D eigenvalue weighted by molar-refractivity contribution is 5.37. The molecule has 1 aromatic carbocycles. The molecular formula is C17H28N2O2. The van der Waals surface area contributed by atoms with Gasteiger partial charge in [-0.25, -0.2) is 0 Å². The van der Waals surface area contributed by atoms with Crippen molar-refractivity contribution in [1.82, 2.24) is 4.90 Å². The second kappa shape index (κ2) is 7.25. The van der Waals surface area contributed by atoms with E-state index in [0.717, 1.165) is 25.3 Å². The highest BCUT2D eigenvalue weighted by atomic mass is 16.5. The number of morpholine rings is 1. The lowest BCUT2D eigenvalue weighted by atomic mass is 9.94. The minimum Gasteiger partial charge on any atom is -0.496 e. The highest BCUT2D eigenvalue weighted by Gasteiger charge is 2.35. The van der Waals surface area contributed by atoms with Gasteiger partial charge in [-0.2, -0.15) is 0 Å². The van der Waals surface area contributed by atoms with Crippen LogP contribution in [0.4, 0.5) is 0 Å². The van der Waals surface area contributed by atoms with Crippen molar-refractivity contribution in [3.05, 3.63) is 29.8 Å². The second-order valence-corrected chi connectivity index (χ2v) is 5.95. The highest BCUT2D eigenvalue weighted by Crippen LogP contribution is 2.34. The van der Waals surface area contributed by atoms with Gasteiger partial charge in [0.15, 0.2) is 0 Å².